The van der Waals surface area contributed by atoms with Crippen molar-refractivity contribution in [2.45, 2.75) is 6.92 Å². The minimum absolute atomic E-state index is 0.371. The number of halogens is 1. The number of fused-ring (bicyclic) bond motifs is 5. The van der Waals surface area contributed by atoms with Crippen LogP contribution in [0, 0.1) is 6.92 Å². The molecule has 0 saturated carbocycles. The van der Waals surface area contributed by atoms with Crippen molar-refractivity contribution in [1.82, 2.24) is 14.8 Å². The predicted octanol–water partition coefficient (Wildman–Crippen LogP) is 3.88. The zero-order valence-corrected chi connectivity index (χ0v) is 17.5. The molecule has 0 unspecified atom stereocenters. The summed E-state index contributed by atoms with van der Waals surface area (Å²) < 4.78 is 1.85. The topological polar surface area (TPSA) is 80.4 Å². The van der Waals surface area contributed by atoms with Crippen LogP contribution < -0.4 is 15.9 Å². The third kappa shape index (κ3) is 2.52. The van der Waals surface area contributed by atoms with Crippen LogP contribution in [0.25, 0.3) is 16.5 Å². The smallest absolute Gasteiger partial charge is 0.257 e. The first-order chi connectivity index (χ1) is 15.5. The fourth-order valence-corrected chi connectivity index (χ4v) is 4.26. The standard InChI is InChI=1S/C24H14ClN5O2/c1-13-26-27-24-29(13)18-12-11-17-19(23(32)22(17)31)20(18)21(14-7-9-15(25)10-8-14)28-30(24)16-5-3-2-4-6-16/h2-12H,1H3. The Kier molecular flexibility index (Phi) is 3.90. The Hall–Kier alpha value is -4.10. The second-order valence-electron chi connectivity index (χ2n) is 7.53. The first-order valence-corrected chi connectivity index (χ1v) is 10.3. The van der Waals surface area contributed by atoms with Gasteiger partial charge in [-0.25, -0.2) is 0 Å². The summed E-state index contributed by atoms with van der Waals surface area (Å²) in [7, 11) is 0. The summed E-state index contributed by atoms with van der Waals surface area (Å²) in [6.07, 6.45) is 0. The van der Waals surface area contributed by atoms with Gasteiger partial charge in [-0.05, 0) is 43.3 Å². The van der Waals surface area contributed by atoms with Gasteiger partial charge in [-0.1, -0.05) is 41.9 Å². The maximum Gasteiger partial charge on any atom is 0.257 e. The van der Waals surface area contributed by atoms with Crippen LogP contribution in [0.4, 0.5) is 11.6 Å². The molecule has 0 spiro atoms. The Morgan fingerprint density at radius 1 is 0.844 bits per heavy atom. The summed E-state index contributed by atoms with van der Waals surface area (Å²) in [5.74, 6) is 1.12. The van der Waals surface area contributed by atoms with Gasteiger partial charge in [0.2, 0.25) is 10.9 Å². The van der Waals surface area contributed by atoms with E-state index in [-0.39, 0.29) is 0 Å². The number of hydrogen-bond donors (Lipinski definition) is 0. The number of nitrogens with zero attached hydrogens (tertiary/aromatic N) is 5. The van der Waals surface area contributed by atoms with E-state index in [9.17, 15) is 9.59 Å². The van der Waals surface area contributed by atoms with Gasteiger partial charge in [0.25, 0.3) is 5.95 Å². The van der Waals surface area contributed by atoms with E-state index in [4.69, 9.17) is 16.7 Å². The van der Waals surface area contributed by atoms with Crippen molar-refractivity contribution in [3.8, 4) is 5.69 Å². The largest absolute Gasteiger partial charge is 0.285 e. The summed E-state index contributed by atoms with van der Waals surface area (Å²) in [6.45, 7) is 1.84. The van der Waals surface area contributed by atoms with Crippen molar-refractivity contribution in [1.29, 1.82) is 0 Å². The molecule has 1 aromatic heterocycles. The molecule has 4 aromatic carbocycles. The maximum absolute atomic E-state index is 12.7. The minimum Gasteiger partial charge on any atom is -0.285 e. The molecule has 0 radical (unpaired) electrons. The number of hydrazone groups is 1. The molecule has 0 N–H and O–H groups in total. The van der Waals surface area contributed by atoms with Crippen molar-refractivity contribution >= 4 is 39.7 Å². The summed E-state index contributed by atoms with van der Waals surface area (Å²) in [6, 6.07) is 20.3. The van der Waals surface area contributed by atoms with E-state index in [1.807, 2.05) is 60.0 Å². The van der Waals surface area contributed by atoms with Crippen LogP contribution >= 0.6 is 11.6 Å². The van der Waals surface area contributed by atoms with Gasteiger partial charge in [0.1, 0.15) is 11.5 Å². The molecule has 1 aliphatic rings. The second kappa shape index (κ2) is 6.70. The van der Waals surface area contributed by atoms with Gasteiger partial charge >= 0.3 is 0 Å². The van der Waals surface area contributed by atoms with E-state index in [2.05, 4.69) is 10.2 Å². The molecular weight excluding hydrogens is 426 g/mol. The Morgan fingerprint density at radius 2 is 1.59 bits per heavy atom. The third-order valence-corrected chi connectivity index (χ3v) is 5.91. The molecule has 0 aliphatic carbocycles. The molecule has 7 nitrogen and oxygen atoms in total. The molecular formula is C24H14ClN5O2. The number of aryl methyl sites for hydroxylation is 1. The van der Waals surface area contributed by atoms with Gasteiger partial charge in [0.15, 0.2) is 0 Å². The molecule has 6 rings (SSSR count). The molecule has 1 aliphatic heterocycles. The quantitative estimate of drug-likeness (QED) is 0.390. The first-order valence-electron chi connectivity index (χ1n) is 9.93. The molecule has 0 bridgehead atoms. The Bertz CT molecular complexity index is 1630. The normalized spacial score (nSPS) is 13.1. The molecule has 0 atom stereocenters. The lowest BCUT2D eigenvalue weighted by Gasteiger charge is -2.17. The van der Waals surface area contributed by atoms with Gasteiger partial charge in [0, 0.05) is 26.9 Å². The zero-order chi connectivity index (χ0) is 22.0. The van der Waals surface area contributed by atoms with Gasteiger partial charge in [-0.3, -0.25) is 14.2 Å². The summed E-state index contributed by atoms with van der Waals surface area (Å²) in [5.41, 5.74) is 2.35. The lowest BCUT2D eigenvalue weighted by atomic mass is 9.91. The number of para-hydroxylation sites is 1. The highest BCUT2D eigenvalue weighted by molar-refractivity contribution is 6.31. The molecule has 0 amide bonds. The summed E-state index contributed by atoms with van der Waals surface area (Å²) in [4.78, 5) is 24.9. The van der Waals surface area contributed by atoms with Crippen molar-refractivity contribution in [3.05, 3.63) is 109 Å². The molecule has 5 aromatic rings. The molecule has 8 heteroatoms. The zero-order valence-electron chi connectivity index (χ0n) is 16.8. The van der Waals surface area contributed by atoms with Crippen LogP contribution in [-0.2, 0) is 0 Å². The van der Waals surface area contributed by atoms with Crippen LogP contribution in [-0.4, -0.2) is 20.5 Å². The Morgan fingerprint density at radius 3 is 2.34 bits per heavy atom. The van der Waals surface area contributed by atoms with E-state index in [0.29, 0.717) is 44.5 Å². The molecule has 0 saturated heterocycles. The highest BCUT2D eigenvalue weighted by atomic mass is 35.5. The SMILES string of the molecule is Cc1nnc2n1-c1ccc3c(=O)c(=O)c3c1C(c1ccc(Cl)cc1)=NN2c1ccccc1. The molecule has 154 valence electrons. The third-order valence-electron chi connectivity index (χ3n) is 5.65. The minimum atomic E-state index is -0.515. The molecule has 2 heterocycles. The number of benzene rings is 3. The second-order valence-corrected chi connectivity index (χ2v) is 7.96. The van der Waals surface area contributed by atoms with Crippen molar-refractivity contribution < 1.29 is 0 Å². The van der Waals surface area contributed by atoms with Crippen molar-refractivity contribution in [3.63, 3.8) is 0 Å². The monoisotopic (exact) mass is 439 g/mol. The van der Waals surface area contributed by atoms with E-state index in [1.165, 1.54) is 0 Å². The number of hydrogen-bond acceptors (Lipinski definition) is 6. The van der Waals surface area contributed by atoms with Crippen LogP contribution in [0.2, 0.25) is 5.02 Å². The fourth-order valence-electron chi connectivity index (χ4n) is 4.13. The fraction of sp³-hybridized carbons (Fsp3) is 0.0417. The predicted molar refractivity (Wildman–Crippen MR) is 124 cm³/mol. The summed E-state index contributed by atoms with van der Waals surface area (Å²) in [5, 5.41) is 16.6. The van der Waals surface area contributed by atoms with Crippen LogP contribution in [0.5, 0.6) is 0 Å². The van der Waals surface area contributed by atoms with Crippen LogP contribution in [0.3, 0.4) is 0 Å². The van der Waals surface area contributed by atoms with Crippen molar-refractivity contribution in [2.75, 3.05) is 5.01 Å². The highest BCUT2D eigenvalue weighted by Gasteiger charge is 2.31. The van der Waals surface area contributed by atoms with Gasteiger partial charge in [-0.2, -0.15) is 10.1 Å². The van der Waals surface area contributed by atoms with Crippen LogP contribution in [0.15, 0.2) is 81.4 Å². The molecule has 32 heavy (non-hydrogen) atoms. The van der Waals surface area contributed by atoms with Gasteiger partial charge < -0.3 is 0 Å². The number of aromatic nitrogens is 3. The lowest BCUT2D eigenvalue weighted by molar-refractivity contribution is 0.933. The Labute approximate surface area is 186 Å². The van der Waals surface area contributed by atoms with E-state index in [1.54, 1.807) is 23.2 Å². The lowest BCUT2D eigenvalue weighted by Crippen LogP contribution is -2.33. The molecule has 0 fully saturated rings. The number of rotatable bonds is 2. The van der Waals surface area contributed by atoms with Gasteiger partial charge in [-0.15, -0.1) is 10.2 Å². The van der Waals surface area contributed by atoms with E-state index < -0.39 is 10.9 Å². The first kappa shape index (κ1) is 18.7. The maximum atomic E-state index is 12.7. The van der Waals surface area contributed by atoms with E-state index >= 15 is 0 Å². The Balaban J connectivity index is 1.77. The average molecular weight is 440 g/mol. The summed E-state index contributed by atoms with van der Waals surface area (Å²) >= 11 is 6.12. The highest BCUT2D eigenvalue weighted by Crippen LogP contribution is 2.36. The number of anilines is 2. The average Bonchev–Trinajstić information content (AvgIpc) is 3.13. The van der Waals surface area contributed by atoms with Gasteiger partial charge in [0.05, 0.1) is 11.4 Å². The van der Waals surface area contributed by atoms with Crippen LogP contribution in [0.1, 0.15) is 17.0 Å². The van der Waals surface area contributed by atoms with Crippen molar-refractivity contribution in [2.24, 2.45) is 5.10 Å². The van der Waals surface area contributed by atoms with E-state index in [0.717, 1.165) is 11.3 Å².